The predicted molar refractivity (Wildman–Crippen MR) is 126 cm³/mol. The van der Waals surface area contributed by atoms with Gasteiger partial charge >= 0.3 is 0 Å². The number of anilines is 1. The Morgan fingerprint density at radius 1 is 1.00 bits per heavy atom. The molecule has 0 radical (unpaired) electrons. The van der Waals surface area contributed by atoms with Crippen LogP contribution in [0.15, 0.2) is 36.4 Å². The molecule has 0 saturated heterocycles. The van der Waals surface area contributed by atoms with Crippen molar-refractivity contribution in [2.45, 2.75) is 39.2 Å². The SMILES string of the molecule is CCOc1ccc(C(=O)Nc2c3c(nn2-c2ccc(C)c(C)c2)CS(=O)(=O)C3)cc1OCC. The molecule has 1 aliphatic rings. The van der Waals surface area contributed by atoms with Crippen molar-refractivity contribution < 1.29 is 22.7 Å². The number of benzene rings is 2. The molecule has 9 heteroatoms. The molecule has 1 N–H and O–H groups in total. The average molecular weight is 470 g/mol. The lowest BCUT2D eigenvalue weighted by molar-refractivity contribution is 0.102. The van der Waals surface area contributed by atoms with Crippen LogP contribution in [0, 0.1) is 13.8 Å². The molecular weight excluding hydrogens is 442 g/mol. The van der Waals surface area contributed by atoms with Crippen molar-refractivity contribution in [2.75, 3.05) is 18.5 Å². The van der Waals surface area contributed by atoms with Crippen molar-refractivity contribution in [3.63, 3.8) is 0 Å². The Morgan fingerprint density at radius 3 is 2.42 bits per heavy atom. The molecular formula is C24H27N3O5S. The van der Waals surface area contributed by atoms with Crippen LogP contribution in [0.4, 0.5) is 5.82 Å². The van der Waals surface area contributed by atoms with Gasteiger partial charge in [-0.05, 0) is 69.2 Å². The van der Waals surface area contributed by atoms with Crippen molar-refractivity contribution in [1.82, 2.24) is 9.78 Å². The summed E-state index contributed by atoms with van der Waals surface area (Å²) >= 11 is 0. The van der Waals surface area contributed by atoms with E-state index in [9.17, 15) is 13.2 Å². The summed E-state index contributed by atoms with van der Waals surface area (Å²) in [6.07, 6.45) is 0. The van der Waals surface area contributed by atoms with Crippen LogP contribution in [0.1, 0.15) is 46.6 Å². The molecule has 3 aromatic rings. The van der Waals surface area contributed by atoms with E-state index in [1.807, 2.05) is 45.9 Å². The summed E-state index contributed by atoms with van der Waals surface area (Å²) in [6.45, 7) is 8.64. The van der Waals surface area contributed by atoms with Crippen LogP contribution < -0.4 is 14.8 Å². The number of amides is 1. The number of carbonyl (C=O) groups is 1. The number of fused-ring (bicyclic) bond motifs is 1. The van der Waals surface area contributed by atoms with E-state index in [4.69, 9.17) is 9.47 Å². The molecule has 2 heterocycles. The van der Waals surface area contributed by atoms with Crippen LogP contribution in [0.2, 0.25) is 0 Å². The number of nitrogens with one attached hydrogen (secondary N) is 1. The Hall–Kier alpha value is -3.33. The average Bonchev–Trinajstić information content (AvgIpc) is 3.24. The van der Waals surface area contributed by atoms with E-state index in [1.165, 1.54) is 0 Å². The normalized spacial score (nSPS) is 14.1. The van der Waals surface area contributed by atoms with Gasteiger partial charge in [0.15, 0.2) is 21.3 Å². The van der Waals surface area contributed by atoms with E-state index < -0.39 is 15.7 Å². The molecule has 174 valence electrons. The number of carbonyl (C=O) groups excluding carboxylic acids is 1. The highest BCUT2D eigenvalue weighted by Gasteiger charge is 2.33. The first-order valence-electron chi connectivity index (χ1n) is 10.8. The van der Waals surface area contributed by atoms with E-state index >= 15 is 0 Å². The number of hydrogen-bond donors (Lipinski definition) is 1. The van der Waals surface area contributed by atoms with Gasteiger partial charge in [-0.15, -0.1) is 0 Å². The van der Waals surface area contributed by atoms with Gasteiger partial charge in [0, 0.05) is 11.1 Å². The van der Waals surface area contributed by atoms with E-state index in [0.29, 0.717) is 47.4 Å². The molecule has 1 aliphatic heterocycles. The standard InChI is InChI=1S/C24H27N3O5S/c1-5-31-21-10-8-17(12-22(21)32-6-2)24(28)25-23-19-13-33(29,30)14-20(19)26-27(23)18-9-7-15(3)16(4)11-18/h7-12H,5-6,13-14H2,1-4H3,(H,25,28). The largest absolute Gasteiger partial charge is 0.490 e. The third kappa shape index (κ3) is 4.59. The third-order valence-electron chi connectivity index (χ3n) is 5.56. The number of hydrogen-bond acceptors (Lipinski definition) is 6. The Bertz CT molecular complexity index is 1330. The quantitative estimate of drug-likeness (QED) is 0.562. The second kappa shape index (κ2) is 8.90. The number of ether oxygens (including phenoxy) is 2. The maximum atomic E-state index is 13.2. The summed E-state index contributed by atoms with van der Waals surface area (Å²) in [7, 11) is -3.29. The summed E-state index contributed by atoms with van der Waals surface area (Å²) in [5.74, 6) is 0.712. The van der Waals surface area contributed by atoms with Gasteiger partial charge < -0.3 is 14.8 Å². The van der Waals surface area contributed by atoms with E-state index in [2.05, 4.69) is 10.4 Å². The highest BCUT2D eigenvalue weighted by Crippen LogP contribution is 2.34. The number of sulfone groups is 1. The number of nitrogens with zero attached hydrogens (tertiary/aromatic N) is 2. The maximum Gasteiger partial charge on any atom is 0.256 e. The Kier molecular flexibility index (Phi) is 6.16. The fourth-order valence-corrected chi connectivity index (χ4v) is 5.28. The molecule has 0 saturated carbocycles. The predicted octanol–water partition coefficient (Wildman–Crippen LogP) is 3.97. The minimum atomic E-state index is -3.29. The molecule has 0 bridgehead atoms. The van der Waals surface area contributed by atoms with Crippen molar-refractivity contribution in [3.05, 3.63) is 64.3 Å². The molecule has 0 atom stereocenters. The molecule has 33 heavy (non-hydrogen) atoms. The molecule has 0 unspecified atom stereocenters. The lowest BCUT2D eigenvalue weighted by Gasteiger charge is -2.14. The van der Waals surface area contributed by atoms with E-state index in [-0.39, 0.29) is 11.5 Å². The first kappa shape index (κ1) is 22.8. The Balaban J connectivity index is 1.73. The zero-order valence-electron chi connectivity index (χ0n) is 19.1. The topological polar surface area (TPSA) is 99.5 Å². The fraction of sp³-hybridized carbons (Fsp3) is 0.333. The molecule has 8 nitrogen and oxygen atoms in total. The van der Waals surface area contributed by atoms with Gasteiger partial charge in [0.25, 0.3) is 5.91 Å². The van der Waals surface area contributed by atoms with Gasteiger partial charge in [-0.1, -0.05) is 6.07 Å². The summed E-state index contributed by atoms with van der Waals surface area (Å²) in [4.78, 5) is 13.2. The molecule has 1 aromatic heterocycles. The van der Waals surface area contributed by atoms with E-state index in [1.54, 1.807) is 22.9 Å². The van der Waals surface area contributed by atoms with Gasteiger partial charge in [0.2, 0.25) is 0 Å². The molecule has 1 amide bonds. The number of rotatable bonds is 7. The molecule has 0 spiro atoms. The summed E-state index contributed by atoms with van der Waals surface area (Å²) in [5, 5.41) is 7.44. The third-order valence-corrected chi connectivity index (χ3v) is 7.00. The summed E-state index contributed by atoms with van der Waals surface area (Å²) < 4.78 is 37.3. The van der Waals surface area contributed by atoms with Crippen molar-refractivity contribution >= 4 is 21.6 Å². The zero-order valence-corrected chi connectivity index (χ0v) is 20.0. The molecule has 4 rings (SSSR count). The highest BCUT2D eigenvalue weighted by atomic mass is 32.2. The summed E-state index contributed by atoms with van der Waals surface area (Å²) in [5.41, 5.74) is 4.30. The number of aryl methyl sites for hydroxylation is 2. The maximum absolute atomic E-state index is 13.2. The van der Waals surface area contributed by atoms with Crippen molar-refractivity contribution in [2.24, 2.45) is 0 Å². The van der Waals surface area contributed by atoms with Gasteiger partial charge in [0.05, 0.1) is 36.1 Å². The van der Waals surface area contributed by atoms with Crippen molar-refractivity contribution in [1.29, 1.82) is 0 Å². The summed E-state index contributed by atoms with van der Waals surface area (Å²) in [6, 6.07) is 10.8. The van der Waals surface area contributed by atoms with Crippen LogP contribution in [0.25, 0.3) is 5.69 Å². The minimum Gasteiger partial charge on any atom is -0.490 e. The van der Waals surface area contributed by atoms with Crippen LogP contribution in [-0.4, -0.2) is 37.3 Å². The van der Waals surface area contributed by atoms with Gasteiger partial charge in [-0.3, -0.25) is 4.79 Å². The van der Waals surface area contributed by atoms with Crippen molar-refractivity contribution in [3.8, 4) is 17.2 Å². The first-order valence-corrected chi connectivity index (χ1v) is 12.6. The van der Waals surface area contributed by atoms with Gasteiger partial charge in [0.1, 0.15) is 5.82 Å². The monoisotopic (exact) mass is 469 g/mol. The van der Waals surface area contributed by atoms with Crippen LogP contribution in [-0.2, 0) is 21.3 Å². The number of aromatic nitrogens is 2. The molecule has 2 aromatic carbocycles. The molecule has 0 aliphatic carbocycles. The Morgan fingerprint density at radius 2 is 1.73 bits per heavy atom. The zero-order chi connectivity index (χ0) is 23.8. The second-order valence-electron chi connectivity index (χ2n) is 7.97. The highest BCUT2D eigenvalue weighted by molar-refractivity contribution is 7.90. The molecule has 0 fully saturated rings. The Labute approximate surface area is 193 Å². The fourth-order valence-electron chi connectivity index (χ4n) is 3.79. The van der Waals surface area contributed by atoms with Crippen LogP contribution in [0.5, 0.6) is 11.5 Å². The van der Waals surface area contributed by atoms with Crippen LogP contribution >= 0.6 is 0 Å². The van der Waals surface area contributed by atoms with Gasteiger partial charge in [-0.25, -0.2) is 13.1 Å². The smallest absolute Gasteiger partial charge is 0.256 e. The minimum absolute atomic E-state index is 0.138. The van der Waals surface area contributed by atoms with Gasteiger partial charge in [-0.2, -0.15) is 5.10 Å². The lowest BCUT2D eigenvalue weighted by atomic mass is 10.1. The first-order chi connectivity index (χ1) is 15.7. The van der Waals surface area contributed by atoms with E-state index in [0.717, 1.165) is 16.8 Å². The lowest BCUT2D eigenvalue weighted by Crippen LogP contribution is -2.17. The second-order valence-corrected chi connectivity index (χ2v) is 10.0. The van der Waals surface area contributed by atoms with Crippen LogP contribution in [0.3, 0.4) is 0 Å².